The van der Waals surface area contributed by atoms with E-state index < -0.39 is 0 Å². The molecule has 3 heterocycles. The Balaban J connectivity index is 1.76. The van der Waals surface area contributed by atoms with E-state index >= 15 is 0 Å². The highest BCUT2D eigenvalue weighted by molar-refractivity contribution is 7.98. The molecule has 0 aliphatic carbocycles. The molecule has 0 saturated heterocycles. The first kappa shape index (κ1) is 18.4. The summed E-state index contributed by atoms with van der Waals surface area (Å²) < 4.78 is 7.15. The van der Waals surface area contributed by atoms with Gasteiger partial charge in [0.25, 0.3) is 5.56 Å². The zero-order chi connectivity index (χ0) is 20.5. The van der Waals surface area contributed by atoms with Gasteiger partial charge in [0.2, 0.25) is 0 Å². The van der Waals surface area contributed by atoms with Crippen LogP contribution in [0.2, 0.25) is 0 Å². The maximum atomic E-state index is 13.6. The Labute approximate surface area is 176 Å². The molecule has 0 saturated carbocycles. The summed E-state index contributed by atoms with van der Waals surface area (Å²) in [7, 11) is 1.60. The molecule has 1 N–H and O–H groups in total. The fourth-order valence-corrected chi connectivity index (χ4v) is 4.43. The molecule has 0 radical (unpaired) electrons. The number of aromatic nitrogens is 4. The summed E-state index contributed by atoms with van der Waals surface area (Å²) in [6.07, 6.45) is 3.57. The van der Waals surface area contributed by atoms with Crippen LogP contribution in [0, 0.1) is 0 Å². The summed E-state index contributed by atoms with van der Waals surface area (Å²) in [6, 6.07) is 19.2. The maximum Gasteiger partial charge on any atom is 0.283 e. The molecule has 2 aromatic carbocycles. The lowest BCUT2D eigenvalue weighted by Crippen LogP contribution is -2.22. The standard InChI is InChI=1S/C23H18N4O2S/c1-29-19-11-5-4-10-18(19)27-22(28)21-20(16-8-2-3-9-17(16)25-21)26-23(27)30-14-15-7-6-12-24-13-15/h2-13,25H,14H2,1H3. The number of methoxy groups -OCH3 is 1. The largest absolute Gasteiger partial charge is 0.495 e. The van der Waals surface area contributed by atoms with Gasteiger partial charge >= 0.3 is 0 Å². The van der Waals surface area contributed by atoms with Gasteiger partial charge in [0.1, 0.15) is 16.8 Å². The summed E-state index contributed by atoms with van der Waals surface area (Å²) in [5, 5.41) is 1.53. The van der Waals surface area contributed by atoms with Crippen molar-refractivity contribution in [3.63, 3.8) is 0 Å². The van der Waals surface area contributed by atoms with Crippen molar-refractivity contribution in [3.05, 3.63) is 89.0 Å². The van der Waals surface area contributed by atoms with Gasteiger partial charge in [0.15, 0.2) is 5.16 Å². The highest BCUT2D eigenvalue weighted by atomic mass is 32.2. The SMILES string of the molecule is COc1ccccc1-n1c(SCc2cccnc2)nc2c([nH]c3ccccc32)c1=O. The number of aromatic amines is 1. The summed E-state index contributed by atoms with van der Waals surface area (Å²) in [5.74, 6) is 1.25. The van der Waals surface area contributed by atoms with Gasteiger partial charge in [0, 0.05) is 29.0 Å². The number of ether oxygens (including phenoxy) is 1. The van der Waals surface area contributed by atoms with Gasteiger partial charge in [-0.3, -0.25) is 9.78 Å². The van der Waals surface area contributed by atoms with Crippen molar-refractivity contribution in [2.45, 2.75) is 10.9 Å². The summed E-state index contributed by atoms with van der Waals surface area (Å²) >= 11 is 1.50. The molecule has 0 fully saturated rings. The predicted octanol–water partition coefficient (Wildman–Crippen LogP) is 4.56. The van der Waals surface area contributed by atoms with Crippen LogP contribution in [0.15, 0.2) is 83.0 Å². The lowest BCUT2D eigenvalue weighted by Gasteiger charge is -2.15. The van der Waals surface area contributed by atoms with E-state index in [2.05, 4.69) is 9.97 Å². The van der Waals surface area contributed by atoms with Crippen LogP contribution in [-0.2, 0) is 5.75 Å². The first-order chi connectivity index (χ1) is 14.8. The molecule has 0 atom stereocenters. The number of fused-ring (bicyclic) bond motifs is 3. The van der Waals surface area contributed by atoms with Crippen molar-refractivity contribution in [2.24, 2.45) is 0 Å². The van der Waals surface area contributed by atoms with E-state index in [1.54, 1.807) is 17.9 Å². The van der Waals surface area contributed by atoms with E-state index in [0.717, 1.165) is 16.5 Å². The molecule has 0 spiro atoms. The van der Waals surface area contributed by atoms with Crippen LogP contribution in [0.3, 0.4) is 0 Å². The molecule has 0 aliphatic heterocycles. The van der Waals surface area contributed by atoms with Crippen molar-refractivity contribution < 1.29 is 4.74 Å². The number of para-hydroxylation sites is 3. The minimum absolute atomic E-state index is 0.158. The molecule has 5 aromatic rings. The molecule has 6 nitrogen and oxygen atoms in total. The van der Waals surface area contributed by atoms with Crippen molar-refractivity contribution in [3.8, 4) is 11.4 Å². The number of thioether (sulfide) groups is 1. The number of hydrogen-bond donors (Lipinski definition) is 1. The number of rotatable bonds is 5. The summed E-state index contributed by atoms with van der Waals surface area (Å²) in [4.78, 5) is 25.9. The van der Waals surface area contributed by atoms with E-state index in [1.807, 2.05) is 66.9 Å². The van der Waals surface area contributed by atoms with E-state index in [-0.39, 0.29) is 5.56 Å². The normalized spacial score (nSPS) is 11.2. The lowest BCUT2D eigenvalue weighted by atomic mass is 10.2. The van der Waals surface area contributed by atoms with Gasteiger partial charge in [-0.05, 0) is 29.8 Å². The van der Waals surface area contributed by atoms with Crippen molar-refractivity contribution in [1.29, 1.82) is 0 Å². The topological polar surface area (TPSA) is 72.8 Å². The number of nitrogens with zero attached hydrogens (tertiary/aromatic N) is 3. The first-order valence-corrected chi connectivity index (χ1v) is 10.4. The van der Waals surface area contributed by atoms with Crippen LogP contribution in [0.4, 0.5) is 0 Å². The van der Waals surface area contributed by atoms with Gasteiger partial charge < -0.3 is 9.72 Å². The van der Waals surface area contributed by atoms with Crippen LogP contribution in [0.5, 0.6) is 5.75 Å². The van der Waals surface area contributed by atoms with Gasteiger partial charge in [0.05, 0.1) is 12.8 Å². The number of pyridine rings is 1. The third-order valence-electron chi connectivity index (χ3n) is 4.91. The molecular weight excluding hydrogens is 396 g/mol. The van der Waals surface area contributed by atoms with Crippen molar-refractivity contribution >= 4 is 33.7 Å². The molecule has 7 heteroatoms. The fraction of sp³-hybridized carbons (Fsp3) is 0.0870. The second-order valence-electron chi connectivity index (χ2n) is 6.75. The third kappa shape index (κ3) is 3.13. The van der Waals surface area contributed by atoms with Gasteiger partial charge in [-0.25, -0.2) is 9.55 Å². The molecule has 148 valence electrons. The Kier molecular flexibility index (Phi) is 4.72. The van der Waals surface area contributed by atoms with E-state index in [0.29, 0.717) is 33.4 Å². The Morgan fingerprint density at radius 2 is 1.90 bits per heavy atom. The fourth-order valence-electron chi connectivity index (χ4n) is 3.50. The highest BCUT2D eigenvalue weighted by Gasteiger charge is 2.19. The third-order valence-corrected chi connectivity index (χ3v) is 5.92. The van der Waals surface area contributed by atoms with Crippen LogP contribution in [0.1, 0.15) is 5.56 Å². The van der Waals surface area contributed by atoms with Crippen LogP contribution >= 0.6 is 11.8 Å². The Bertz CT molecular complexity index is 1410. The molecule has 0 bridgehead atoms. The van der Waals surface area contributed by atoms with Gasteiger partial charge in [-0.2, -0.15) is 0 Å². The van der Waals surface area contributed by atoms with E-state index in [9.17, 15) is 4.79 Å². The number of benzene rings is 2. The van der Waals surface area contributed by atoms with E-state index in [4.69, 9.17) is 9.72 Å². The first-order valence-electron chi connectivity index (χ1n) is 9.45. The van der Waals surface area contributed by atoms with Crippen molar-refractivity contribution in [2.75, 3.05) is 7.11 Å². The Morgan fingerprint density at radius 1 is 1.07 bits per heavy atom. The Hall–Kier alpha value is -3.58. The molecule has 30 heavy (non-hydrogen) atoms. The molecule has 3 aromatic heterocycles. The highest BCUT2D eigenvalue weighted by Crippen LogP contribution is 2.30. The molecule has 0 amide bonds. The summed E-state index contributed by atoms with van der Waals surface area (Å²) in [6.45, 7) is 0. The quantitative estimate of drug-likeness (QED) is 0.337. The molecule has 5 rings (SSSR count). The zero-order valence-corrected chi connectivity index (χ0v) is 17.0. The van der Waals surface area contributed by atoms with Crippen LogP contribution < -0.4 is 10.3 Å². The average Bonchev–Trinajstić information content (AvgIpc) is 3.17. The number of H-pyrrole nitrogens is 1. The predicted molar refractivity (Wildman–Crippen MR) is 120 cm³/mol. The zero-order valence-electron chi connectivity index (χ0n) is 16.2. The van der Waals surface area contributed by atoms with Crippen LogP contribution in [0.25, 0.3) is 27.6 Å². The second-order valence-corrected chi connectivity index (χ2v) is 7.69. The second kappa shape index (κ2) is 7.68. The van der Waals surface area contributed by atoms with E-state index in [1.165, 1.54) is 11.8 Å². The summed E-state index contributed by atoms with van der Waals surface area (Å²) in [5.41, 5.74) is 3.60. The minimum Gasteiger partial charge on any atom is -0.495 e. The number of hydrogen-bond acceptors (Lipinski definition) is 5. The maximum absolute atomic E-state index is 13.6. The molecular formula is C23H18N4O2S. The average molecular weight is 414 g/mol. The number of nitrogens with one attached hydrogen (secondary N) is 1. The minimum atomic E-state index is -0.158. The van der Waals surface area contributed by atoms with Gasteiger partial charge in [-0.1, -0.05) is 48.2 Å². The molecule has 0 aliphatic rings. The Morgan fingerprint density at radius 3 is 2.73 bits per heavy atom. The van der Waals surface area contributed by atoms with Crippen molar-refractivity contribution in [1.82, 2.24) is 19.5 Å². The van der Waals surface area contributed by atoms with Gasteiger partial charge in [-0.15, -0.1) is 0 Å². The monoisotopic (exact) mass is 414 g/mol. The lowest BCUT2D eigenvalue weighted by molar-refractivity contribution is 0.411. The molecule has 0 unspecified atom stereocenters. The smallest absolute Gasteiger partial charge is 0.283 e. The van der Waals surface area contributed by atoms with Crippen LogP contribution in [-0.4, -0.2) is 26.6 Å².